The highest BCUT2D eigenvalue weighted by atomic mass is 32.2. The molecule has 0 bridgehead atoms. The number of hydrogen-bond acceptors (Lipinski definition) is 5. The molecule has 0 amide bonds. The van der Waals surface area contributed by atoms with Crippen LogP contribution >= 0.6 is 11.8 Å². The molecule has 3 heterocycles. The fourth-order valence-corrected chi connectivity index (χ4v) is 4.49. The van der Waals surface area contributed by atoms with E-state index >= 15 is 0 Å². The number of pyridine rings is 1. The average Bonchev–Trinajstić information content (AvgIpc) is 2.86. The first kappa shape index (κ1) is 13.1. The van der Waals surface area contributed by atoms with Gasteiger partial charge in [0.2, 0.25) is 0 Å². The van der Waals surface area contributed by atoms with Crippen LogP contribution in [-0.4, -0.2) is 41.8 Å². The van der Waals surface area contributed by atoms with E-state index in [1.807, 2.05) is 24.0 Å². The van der Waals surface area contributed by atoms with E-state index in [4.69, 9.17) is 10.5 Å². The van der Waals surface area contributed by atoms with E-state index in [0.717, 1.165) is 36.6 Å². The van der Waals surface area contributed by atoms with E-state index in [2.05, 4.69) is 16.9 Å². The van der Waals surface area contributed by atoms with Gasteiger partial charge >= 0.3 is 0 Å². The highest BCUT2D eigenvalue weighted by Crippen LogP contribution is 2.40. The summed E-state index contributed by atoms with van der Waals surface area (Å²) in [6.45, 7) is 0.862. The first-order valence-corrected chi connectivity index (χ1v) is 8.00. The van der Waals surface area contributed by atoms with E-state index in [9.17, 15) is 0 Å². The van der Waals surface area contributed by atoms with Crippen LogP contribution in [0.5, 0.6) is 0 Å². The summed E-state index contributed by atoms with van der Waals surface area (Å²) in [7, 11) is 2.14. The van der Waals surface area contributed by atoms with Gasteiger partial charge in [0.1, 0.15) is 0 Å². The third-order valence-corrected chi connectivity index (χ3v) is 5.51. The number of hydrogen-bond donors (Lipinski definition) is 1. The Morgan fingerprint density at radius 3 is 3.21 bits per heavy atom. The third-order valence-electron chi connectivity index (χ3n) is 4.29. The standard InChI is InChI=1S/C14H21N3OS/c1-17(13-2-5-16-9-12(13)15)11-3-6-18-14(8-11)4-7-19-10-14/h2,5,9,11H,3-4,6-8,10,15H2,1H3. The molecule has 0 aliphatic carbocycles. The molecular formula is C14H21N3OS. The zero-order chi connectivity index (χ0) is 13.3. The molecule has 2 unspecified atom stereocenters. The summed E-state index contributed by atoms with van der Waals surface area (Å²) in [6, 6.07) is 2.51. The molecule has 3 rings (SSSR count). The van der Waals surface area contributed by atoms with Gasteiger partial charge in [-0.15, -0.1) is 0 Å². The summed E-state index contributed by atoms with van der Waals surface area (Å²) >= 11 is 2.01. The molecule has 2 saturated heterocycles. The second-order valence-corrected chi connectivity index (χ2v) is 6.63. The van der Waals surface area contributed by atoms with E-state index in [-0.39, 0.29) is 5.60 Å². The Hall–Kier alpha value is -0.940. The number of rotatable bonds is 2. The van der Waals surface area contributed by atoms with Crippen LogP contribution in [0.2, 0.25) is 0 Å². The lowest BCUT2D eigenvalue weighted by Crippen LogP contribution is -2.48. The number of nitrogen functional groups attached to an aromatic ring is 1. The van der Waals surface area contributed by atoms with Crippen LogP contribution in [-0.2, 0) is 4.74 Å². The van der Waals surface area contributed by atoms with Crippen molar-refractivity contribution in [2.24, 2.45) is 0 Å². The molecule has 0 radical (unpaired) electrons. The Balaban J connectivity index is 1.76. The molecule has 0 aromatic carbocycles. The Bertz CT molecular complexity index is 448. The lowest BCUT2D eigenvalue weighted by atomic mass is 9.89. The van der Waals surface area contributed by atoms with Crippen molar-refractivity contribution in [3.63, 3.8) is 0 Å². The molecule has 104 valence electrons. The molecule has 2 atom stereocenters. The molecule has 1 spiro atoms. The van der Waals surface area contributed by atoms with Crippen LogP contribution in [0.4, 0.5) is 11.4 Å². The SMILES string of the molecule is CN(c1ccncc1N)C1CCOC2(CCSC2)C1. The summed E-state index contributed by atoms with van der Waals surface area (Å²) in [6.07, 6.45) is 6.91. The predicted octanol–water partition coefficient (Wildman–Crippen LogP) is 2.15. The molecule has 0 saturated carbocycles. The van der Waals surface area contributed by atoms with Crippen molar-refractivity contribution in [2.75, 3.05) is 35.8 Å². The van der Waals surface area contributed by atoms with Crippen molar-refractivity contribution in [3.8, 4) is 0 Å². The highest BCUT2D eigenvalue weighted by molar-refractivity contribution is 7.99. The number of anilines is 2. The minimum atomic E-state index is 0.115. The first-order valence-electron chi connectivity index (χ1n) is 6.84. The van der Waals surface area contributed by atoms with Gasteiger partial charge in [-0.2, -0.15) is 11.8 Å². The Morgan fingerprint density at radius 2 is 2.47 bits per heavy atom. The summed E-state index contributed by atoms with van der Waals surface area (Å²) in [5.74, 6) is 2.37. The number of ether oxygens (including phenoxy) is 1. The molecule has 2 N–H and O–H groups in total. The zero-order valence-electron chi connectivity index (χ0n) is 11.3. The van der Waals surface area contributed by atoms with Gasteiger partial charge in [0.05, 0.1) is 23.2 Å². The highest BCUT2D eigenvalue weighted by Gasteiger charge is 2.41. The maximum absolute atomic E-state index is 6.08. The second kappa shape index (κ2) is 5.21. The zero-order valence-corrected chi connectivity index (χ0v) is 12.2. The van der Waals surface area contributed by atoms with Gasteiger partial charge in [-0.3, -0.25) is 4.98 Å². The maximum atomic E-state index is 6.08. The van der Waals surface area contributed by atoms with E-state index in [0.29, 0.717) is 6.04 Å². The number of nitrogens with zero attached hydrogens (tertiary/aromatic N) is 2. The molecule has 19 heavy (non-hydrogen) atoms. The van der Waals surface area contributed by atoms with E-state index in [1.54, 1.807) is 6.20 Å². The smallest absolute Gasteiger partial charge is 0.0799 e. The van der Waals surface area contributed by atoms with Crippen molar-refractivity contribution in [3.05, 3.63) is 18.5 Å². The van der Waals surface area contributed by atoms with Crippen LogP contribution in [0, 0.1) is 0 Å². The van der Waals surface area contributed by atoms with Gasteiger partial charge in [-0.1, -0.05) is 0 Å². The molecule has 2 aliphatic rings. The van der Waals surface area contributed by atoms with E-state index in [1.165, 1.54) is 12.2 Å². The summed E-state index contributed by atoms with van der Waals surface area (Å²) in [5.41, 5.74) is 7.99. The Labute approximate surface area is 118 Å². The summed E-state index contributed by atoms with van der Waals surface area (Å²) in [4.78, 5) is 6.37. The quantitative estimate of drug-likeness (QED) is 0.899. The molecule has 1 aromatic heterocycles. The van der Waals surface area contributed by atoms with Crippen LogP contribution in [0.1, 0.15) is 19.3 Å². The van der Waals surface area contributed by atoms with Crippen molar-refractivity contribution in [2.45, 2.75) is 30.9 Å². The first-order chi connectivity index (χ1) is 9.20. The number of nitrogens with two attached hydrogens (primary N) is 1. The lowest BCUT2D eigenvalue weighted by molar-refractivity contribution is -0.0658. The van der Waals surface area contributed by atoms with Crippen molar-refractivity contribution in [1.29, 1.82) is 0 Å². The van der Waals surface area contributed by atoms with Gasteiger partial charge in [-0.05, 0) is 31.1 Å². The fraction of sp³-hybridized carbons (Fsp3) is 0.643. The van der Waals surface area contributed by atoms with Gasteiger partial charge in [0.15, 0.2) is 0 Å². The van der Waals surface area contributed by atoms with Gasteiger partial charge in [-0.25, -0.2) is 0 Å². The van der Waals surface area contributed by atoms with Crippen LogP contribution < -0.4 is 10.6 Å². The molecular weight excluding hydrogens is 258 g/mol. The molecule has 2 fully saturated rings. The van der Waals surface area contributed by atoms with Crippen molar-refractivity contribution < 1.29 is 4.74 Å². The third kappa shape index (κ3) is 2.54. The summed E-state index contributed by atoms with van der Waals surface area (Å²) < 4.78 is 6.08. The molecule has 4 nitrogen and oxygen atoms in total. The van der Waals surface area contributed by atoms with E-state index < -0.39 is 0 Å². The van der Waals surface area contributed by atoms with Crippen molar-refractivity contribution in [1.82, 2.24) is 4.98 Å². The monoisotopic (exact) mass is 279 g/mol. The Morgan fingerprint density at radius 1 is 1.58 bits per heavy atom. The second-order valence-electron chi connectivity index (χ2n) is 5.53. The lowest BCUT2D eigenvalue weighted by Gasteiger charge is -2.42. The number of aromatic nitrogens is 1. The van der Waals surface area contributed by atoms with Gasteiger partial charge in [0, 0.05) is 31.6 Å². The number of thioether (sulfide) groups is 1. The van der Waals surface area contributed by atoms with Gasteiger partial charge in [0.25, 0.3) is 0 Å². The average molecular weight is 279 g/mol. The minimum Gasteiger partial charge on any atom is -0.396 e. The van der Waals surface area contributed by atoms with Crippen LogP contribution in [0.25, 0.3) is 0 Å². The fourth-order valence-electron chi connectivity index (χ4n) is 3.11. The van der Waals surface area contributed by atoms with Gasteiger partial charge < -0.3 is 15.4 Å². The minimum absolute atomic E-state index is 0.115. The Kier molecular flexibility index (Phi) is 3.58. The topological polar surface area (TPSA) is 51.4 Å². The van der Waals surface area contributed by atoms with Crippen LogP contribution in [0.3, 0.4) is 0 Å². The van der Waals surface area contributed by atoms with Crippen molar-refractivity contribution >= 4 is 23.1 Å². The van der Waals surface area contributed by atoms with Crippen LogP contribution in [0.15, 0.2) is 18.5 Å². The molecule has 2 aliphatic heterocycles. The maximum Gasteiger partial charge on any atom is 0.0799 e. The predicted molar refractivity (Wildman–Crippen MR) is 80.7 cm³/mol. The molecule has 1 aromatic rings. The summed E-state index contributed by atoms with van der Waals surface area (Å²) in [5, 5.41) is 0. The molecule has 5 heteroatoms. The normalized spacial score (nSPS) is 30.7. The largest absolute Gasteiger partial charge is 0.396 e.